The number of benzene rings is 1. The minimum Gasteiger partial charge on any atom is -0.263 e. The summed E-state index contributed by atoms with van der Waals surface area (Å²) in [7, 11) is -3.47. The van der Waals surface area contributed by atoms with E-state index < -0.39 is 10.0 Å². The second-order valence-electron chi connectivity index (χ2n) is 5.26. The van der Waals surface area contributed by atoms with Gasteiger partial charge >= 0.3 is 0 Å². The summed E-state index contributed by atoms with van der Waals surface area (Å²) in [6.45, 7) is 5.78. The van der Waals surface area contributed by atoms with Gasteiger partial charge in [0.25, 0.3) is 10.0 Å². The van der Waals surface area contributed by atoms with Crippen LogP contribution in [0.5, 0.6) is 0 Å². The van der Waals surface area contributed by atoms with Crippen LogP contribution in [0.3, 0.4) is 0 Å². The SMILES string of the molecule is Cc1cc(S(=O)(=O)N2c3ccccc3CC2C)c(C)s1. The molecule has 1 aromatic heterocycles. The van der Waals surface area contributed by atoms with E-state index in [1.807, 2.05) is 45.0 Å². The van der Waals surface area contributed by atoms with Gasteiger partial charge in [0.15, 0.2) is 0 Å². The van der Waals surface area contributed by atoms with Gasteiger partial charge < -0.3 is 0 Å². The molecule has 1 aromatic carbocycles. The Labute approximate surface area is 123 Å². The van der Waals surface area contributed by atoms with Crippen molar-refractivity contribution in [2.45, 2.75) is 38.1 Å². The topological polar surface area (TPSA) is 37.4 Å². The van der Waals surface area contributed by atoms with Crippen molar-refractivity contribution in [2.24, 2.45) is 0 Å². The minimum absolute atomic E-state index is 0.0305. The van der Waals surface area contributed by atoms with Crippen molar-refractivity contribution < 1.29 is 8.42 Å². The predicted molar refractivity (Wildman–Crippen MR) is 83.1 cm³/mol. The quantitative estimate of drug-likeness (QED) is 0.851. The van der Waals surface area contributed by atoms with Crippen molar-refractivity contribution in [3.63, 3.8) is 0 Å². The normalized spacial score (nSPS) is 18.4. The Kier molecular flexibility index (Phi) is 3.14. The van der Waals surface area contributed by atoms with Crippen molar-refractivity contribution in [1.29, 1.82) is 0 Å². The molecule has 0 radical (unpaired) electrons. The first-order valence-electron chi connectivity index (χ1n) is 6.60. The van der Waals surface area contributed by atoms with Crippen LogP contribution in [0.2, 0.25) is 0 Å². The summed E-state index contributed by atoms with van der Waals surface area (Å²) in [6.07, 6.45) is 0.775. The van der Waals surface area contributed by atoms with E-state index in [1.165, 1.54) is 11.3 Å². The van der Waals surface area contributed by atoms with Crippen molar-refractivity contribution in [2.75, 3.05) is 4.31 Å². The molecule has 2 heterocycles. The monoisotopic (exact) mass is 307 g/mol. The zero-order valence-corrected chi connectivity index (χ0v) is 13.4. The molecule has 0 aliphatic carbocycles. The maximum atomic E-state index is 13.0. The number of para-hydroxylation sites is 1. The van der Waals surface area contributed by atoms with Crippen molar-refractivity contribution in [3.05, 3.63) is 45.6 Å². The number of rotatable bonds is 2. The molecule has 3 nitrogen and oxygen atoms in total. The number of thiophene rings is 1. The highest BCUT2D eigenvalue weighted by atomic mass is 32.2. The molecule has 0 spiro atoms. The zero-order valence-electron chi connectivity index (χ0n) is 11.8. The fraction of sp³-hybridized carbons (Fsp3) is 0.333. The molecule has 2 aromatic rings. The lowest BCUT2D eigenvalue weighted by Crippen LogP contribution is -2.35. The summed E-state index contributed by atoms with van der Waals surface area (Å²) >= 11 is 1.53. The Bertz CT molecular complexity index is 762. The largest absolute Gasteiger partial charge is 0.265 e. The van der Waals surface area contributed by atoms with E-state index in [1.54, 1.807) is 10.4 Å². The van der Waals surface area contributed by atoms with Gasteiger partial charge in [-0.05, 0) is 44.9 Å². The lowest BCUT2D eigenvalue weighted by Gasteiger charge is -2.24. The van der Waals surface area contributed by atoms with Gasteiger partial charge in [-0.1, -0.05) is 18.2 Å². The molecule has 20 heavy (non-hydrogen) atoms. The highest BCUT2D eigenvalue weighted by Gasteiger charge is 2.36. The molecule has 0 saturated heterocycles. The van der Waals surface area contributed by atoms with Crippen molar-refractivity contribution in [1.82, 2.24) is 0 Å². The molecule has 106 valence electrons. The first-order chi connectivity index (χ1) is 9.41. The van der Waals surface area contributed by atoms with Gasteiger partial charge in [0, 0.05) is 15.8 Å². The Balaban J connectivity index is 2.15. The van der Waals surface area contributed by atoms with Crippen LogP contribution in [0, 0.1) is 13.8 Å². The standard InChI is InChI=1S/C15H17NO2S2/c1-10-8-13-6-4-5-7-14(13)16(10)20(17,18)15-9-11(2)19-12(15)3/h4-7,9-10H,8H2,1-3H3. The fourth-order valence-electron chi connectivity index (χ4n) is 2.87. The van der Waals surface area contributed by atoms with Crippen LogP contribution in [0.1, 0.15) is 22.2 Å². The van der Waals surface area contributed by atoms with Crippen LogP contribution in [-0.4, -0.2) is 14.5 Å². The van der Waals surface area contributed by atoms with Gasteiger partial charge in [-0.2, -0.15) is 0 Å². The Morgan fingerprint density at radius 2 is 1.95 bits per heavy atom. The van der Waals surface area contributed by atoms with Gasteiger partial charge in [-0.15, -0.1) is 11.3 Å². The Hall–Kier alpha value is -1.33. The molecule has 0 fully saturated rings. The summed E-state index contributed by atoms with van der Waals surface area (Å²) in [5.41, 5.74) is 1.93. The molecule has 1 atom stereocenters. The molecule has 1 aliphatic heterocycles. The van der Waals surface area contributed by atoms with Gasteiger partial charge in [0.1, 0.15) is 4.90 Å². The van der Waals surface area contributed by atoms with Crippen LogP contribution < -0.4 is 4.31 Å². The Morgan fingerprint density at radius 1 is 1.25 bits per heavy atom. The van der Waals surface area contributed by atoms with Gasteiger partial charge in [0.05, 0.1) is 5.69 Å². The van der Waals surface area contributed by atoms with E-state index in [9.17, 15) is 8.42 Å². The summed E-state index contributed by atoms with van der Waals surface area (Å²) in [4.78, 5) is 2.34. The molecule has 1 unspecified atom stereocenters. The molecule has 1 aliphatic rings. The third kappa shape index (κ3) is 1.96. The molecule has 0 bridgehead atoms. The number of sulfonamides is 1. The average Bonchev–Trinajstić information content (AvgIpc) is 2.88. The predicted octanol–water partition coefficient (Wildman–Crippen LogP) is 3.50. The molecule has 0 amide bonds. The number of hydrogen-bond acceptors (Lipinski definition) is 3. The average molecular weight is 307 g/mol. The number of aryl methyl sites for hydroxylation is 2. The van der Waals surface area contributed by atoms with E-state index in [0.29, 0.717) is 4.90 Å². The number of hydrogen-bond donors (Lipinski definition) is 0. The van der Waals surface area contributed by atoms with Crippen LogP contribution in [0.25, 0.3) is 0 Å². The van der Waals surface area contributed by atoms with E-state index in [4.69, 9.17) is 0 Å². The maximum absolute atomic E-state index is 13.0. The summed E-state index contributed by atoms with van der Waals surface area (Å²) in [6, 6.07) is 9.50. The van der Waals surface area contributed by atoms with Crippen molar-refractivity contribution in [3.8, 4) is 0 Å². The molecule has 5 heteroatoms. The molecule has 0 N–H and O–H groups in total. The lowest BCUT2D eigenvalue weighted by atomic mass is 10.1. The van der Waals surface area contributed by atoms with Crippen LogP contribution >= 0.6 is 11.3 Å². The van der Waals surface area contributed by atoms with Crippen molar-refractivity contribution >= 4 is 27.0 Å². The molecular formula is C15H17NO2S2. The zero-order chi connectivity index (χ0) is 14.5. The minimum atomic E-state index is -3.47. The summed E-state index contributed by atoms with van der Waals surface area (Å²) in [5, 5.41) is 0. The number of anilines is 1. The second kappa shape index (κ2) is 4.60. The third-order valence-corrected chi connectivity index (χ3v) is 6.83. The summed E-state index contributed by atoms with van der Waals surface area (Å²) in [5.74, 6) is 0. The molecular weight excluding hydrogens is 290 g/mol. The summed E-state index contributed by atoms with van der Waals surface area (Å²) < 4.78 is 27.5. The smallest absolute Gasteiger partial charge is 0.263 e. The second-order valence-corrected chi connectivity index (χ2v) is 8.50. The molecule has 3 rings (SSSR count). The third-order valence-electron chi connectivity index (χ3n) is 3.68. The van der Waals surface area contributed by atoms with E-state index in [2.05, 4.69) is 0 Å². The number of nitrogens with zero attached hydrogens (tertiary/aromatic N) is 1. The van der Waals surface area contributed by atoms with E-state index >= 15 is 0 Å². The Morgan fingerprint density at radius 3 is 2.60 bits per heavy atom. The highest BCUT2D eigenvalue weighted by molar-refractivity contribution is 7.93. The van der Waals surface area contributed by atoms with E-state index in [0.717, 1.165) is 27.4 Å². The van der Waals surface area contributed by atoms with Crippen LogP contribution in [0.15, 0.2) is 35.2 Å². The van der Waals surface area contributed by atoms with Gasteiger partial charge in [-0.3, -0.25) is 4.31 Å². The molecule has 0 saturated carbocycles. The first kappa shape index (κ1) is 13.6. The van der Waals surface area contributed by atoms with Crippen LogP contribution in [-0.2, 0) is 16.4 Å². The fourth-order valence-corrected chi connectivity index (χ4v) is 6.09. The number of fused-ring (bicyclic) bond motifs is 1. The maximum Gasteiger partial charge on any atom is 0.265 e. The lowest BCUT2D eigenvalue weighted by molar-refractivity contribution is 0.584. The highest BCUT2D eigenvalue weighted by Crippen LogP contribution is 2.38. The first-order valence-corrected chi connectivity index (χ1v) is 8.86. The van der Waals surface area contributed by atoms with Gasteiger partial charge in [-0.25, -0.2) is 8.42 Å². The van der Waals surface area contributed by atoms with E-state index in [-0.39, 0.29) is 6.04 Å². The van der Waals surface area contributed by atoms with Crippen LogP contribution in [0.4, 0.5) is 5.69 Å². The van der Waals surface area contributed by atoms with Gasteiger partial charge in [0.2, 0.25) is 0 Å².